The molecule has 0 radical (unpaired) electrons. The number of nitrogens with one attached hydrogen (secondary N) is 1. The molecule has 0 saturated carbocycles. The topological polar surface area (TPSA) is 119 Å². The molecule has 1 saturated heterocycles. The highest BCUT2D eigenvalue weighted by Gasteiger charge is 2.29. The summed E-state index contributed by atoms with van der Waals surface area (Å²) in [5, 5.41) is 7.30. The van der Waals surface area contributed by atoms with Crippen molar-refractivity contribution in [2.75, 3.05) is 38.1 Å². The Balaban J connectivity index is 1.13. The van der Waals surface area contributed by atoms with E-state index in [-0.39, 0.29) is 29.8 Å². The average Bonchev–Trinajstić information content (AvgIpc) is 3.70. The van der Waals surface area contributed by atoms with Crippen LogP contribution < -0.4 is 10.1 Å². The van der Waals surface area contributed by atoms with E-state index in [4.69, 9.17) is 13.9 Å². The summed E-state index contributed by atoms with van der Waals surface area (Å²) in [6.45, 7) is 11.8. The van der Waals surface area contributed by atoms with Crippen LogP contribution in [-0.2, 0) is 21.6 Å². The normalized spacial score (nSPS) is 14.1. The molecule has 0 bridgehead atoms. The third-order valence-electron chi connectivity index (χ3n) is 8.37. The highest BCUT2D eigenvalue weighted by molar-refractivity contribution is 6.02. The lowest BCUT2D eigenvalue weighted by Gasteiger charge is -2.35. The number of amides is 3. The summed E-state index contributed by atoms with van der Waals surface area (Å²) in [6, 6.07) is 21.1. The van der Waals surface area contributed by atoms with Crippen molar-refractivity contribution in [3.8, 4) is 5.75 Å². The Morgan fingerprint density at radius 1 is 0.935 bits per heavy atom. The SMILES string of the molecule is CCOC(=O)N1CCN(C(=O)C(C)n2cc(NC(=O)c3ccc(COc4ccc(C(C)(C)c5ccccc5)cc4)o3)c(C)n2)CC1. The second-order valence-corrected chi connectivity index (χ2v) is 11.8. The molecule has 1 fully saturated rings. The predicted molar refractivity (Wildman–Crippen MR) is 173 cm³/mol. The summed E-state index contributed by atoms with van der Waals surface area (Å²) >= 11 is 0. The van der Waals surface area contributed by atoms with Crippen molar-refractivity contribution >= 4 is 23.6 Å². The van der Waals surface area contributed by atoms with Gasteiger partial charge in [0, 0.05) is 37.8 Å². The first-order chi connectivity index (χ1) is 22.1. The van der Waals surface area contributed by atoms with Crippen LogP contribution in [0.3, 0.4) is 0 Å². The van der Waals surface area contributed by atoms with Gasteiger partial charge in [-0.05, 0) is 56.2 Å². The molecule has 1 unspecified atom stereocenters. The number of anilines is 1. The van der Waals surface area contributed by atoms with Crippen molar-refractivity contribution in [1.29, 1.82) is 0 Å². The Morgan fingerprint density at radius 3 is 2.26 bits per heavy atom. The fourth-order valence-electron chi connectivity index (χ4n) is 5.41. The number of carbonyl (C=O) groups is 3. The molecule has 3 amide bonds. The maximum absolute atomic E-state index is 13.2. The first-order valence-corrected chi connectivity index (χ1v) is 15.5. The van der Waals surface area contributed by atoms with Crippen LogP contribution in [-0.4, -0.2) is 70.3 Å². The molecule has 2 aromatic carbocycles. The van der Waals surface area contributed by atoms with Crippen molar-refractivity contribution < 1.29 is 28.3 Å². The monoisotopic (exact) mass is 627 g/mol. The van der Waals surface area contributed by atoms with Crippen molar-refractivity contribution in [3.63, 3.8) is 0 Å². The minimum atomic E-state index is -0.593. The van der Waals surface area contributed by atoms with E-state index < -0.39 is 11.9 Å². The van der Waals surface area contributed by atoms with Crippen LogP contribution in [0.25, 0.3) is 0 Å². The highest BCUT2D eigenvalue weighted by atomic mass is 16.6. The molecule has 242 valence electrons. The second kappa shape index (κ2) is 13.9. The molecule has 46 heavy (non-hydrogen) atoms. The molecule has 0 aliphatic carbocycles. The largest absolute Gasteiger partial charge is 0.486 e. The number of rotatable bonds is 10. The van der Waals surface area contributed by atoms with Crippen molar-refractivity contribution in [2.45, 2.75) is 52.7 Å². The lowest BCUT2D eigenvalue weighted by atomic mass is 9.78. The van der Waals surface area contributed by atoms with Gasteiger partial charge in [0.15, 0.2) is 5.76 Å². The molecule has 5 rings (SSSR count). The van der Waals surface area contributed by atoms with Crippen molar-refractivity contribution in [2.24, 2.45) is 0 Å². The van der Waals surface area contributed by atoms with Gasteiger partial charge < -0.3 is 29.0 Å². The molecule has 1 aliphatic heterocycles. The fourth-order valence-corrected chi connectivity index (χ4v) is 5.41. The lowest BCUT2D eigenvalue weighted by molar-refractivity contribution is -0.136. The van der Waals surface area contributed by atoms with Gasteiger partial charge in [-0.15, -0.1) is 0 Å². The molecule has 1 atom stereocenters. The number of aryl methyl sites for hydroxylation is 1. The molecule has 2 aromatic heterocycles. The maximum atomic E-state index is 13.2. The van der Waals surface area contributed by atoms with Gasteiger partial charge >= 0.3 is 6.09 Å². The van der Waals surface area contributed by atoms with Crippen LogP contribution in [0.5, 0.6) is 5.75 Å². The minimum Gasteiger partial charge on any atom is -0.486 e. The maximum Gasteiger partial charge on any atom is 0.409 e. The molecule has 1 N–H and O–H groups in total. The van der Waals surface area contributed by atoms with Gasteiger partial charge in [-0.2, -0.15) is 5.10 Å². The van der Waals surface area contributed by atoms with Crippen molar-refractivity contribution in [3.05, 3.63) is 101 Å². The van der Waals surface area contributed by atoms with E-state index >= 15 is 0 Å². The van der Waals surface area contributed by atoms with Gasteiger partial charge in [0.1, 0.15) is 24.2 Å². The molecule has 3 heterocycles. The second-order valence-electron chi connectivity index (χ2n) is 11.8. The summed E-state index contributed by atoms with van der Waals surface area (Å²) in [7, 11) is 0. The van der Waals surface area contributed by atoms with Gasteiger partial charge in [0.25, 0.3) is 5.91 Å². The van der Waals surface area contributed by atoms with Crippen LogP contribution in [0, 0.1) is 6.92 Å². The quantitative estimate of drug-likeness (QED) is 0.236. The molecule has 1 aliphatic rings. The van der Waals surface area contributed by atoms with Gasteiger partial charge in [-0.3, -0.25) is 14.3 Å². The third-order valence-corrected chi connectivity index (χ3v) is 8.37. The average molecular weight is 628 g/mol. The number of hydrogen-bond acceptors (Lipinski definition) is 7. The van der Waals surface area contributed by atoms with E-state index in [2.05, 4.69) is 48.5 Å². The number of carbonyl (C=O) groups excluding carboxylic acids is 3. The van der Waals surface area contributed by atoms with E-state index in [9.17, 15) is 14.4 Å². The standard InChI is InChI=1S/C35H41N5O6/c1-6-44-34(43)39-20-18-38(19-21-39)33(42)25(3)40-22-30(24(2)37-40)36-32(41)31-17-16-29(46-31)23-45-28-14-12-27(13-15-28)35(4,5)26-10-8-7-9-11-26/h7-17,22,25H,6,18-21,23H2,1-5H3,(H,36,41). The van der Waals surface area contributed by atoms with E-state index in [1.165, 1.54) is 11.1 Å². The molecule has 11 heteroatoms. The first-order valence-electron chi connectivity index (χ1n) is 15.5. The number of nitrogens with zero attached hydrogens (tertiary/aromatic N) is 4. The molecular formula is C35H41N5O6. The first kappa shape index (κ1) is 32.3. The molecule has 11 nitrogen and oxygen atoms in total. The van der Waals surface area contributed by atoms with Crippen LogP contribution in [0.2, 0.25) is 0 Å². The Bertz CT molecular complexity index is 1650. The smallest absolute Gasteiger partial charge is 0.409 e. The summed E-state index contributed by atoms with van der Waals surface area (Å²) in [4.78, 5) is 41.4. The van der Waals surface area contributed by atoms with Gasteiger partial charge in [-0.25, -0.2) is 4.79 Å². The van der Waals surface area contributed by atoms with Gasteiger partial charge in [0.05, 0.1) is 18.0 Å². The highest BCUT2D eigenvalue weighted by Crippen LogP contribution is 2.32. The van der Waals surface area contributed by atoms with Gasteiger partial charge in [0.2, 0.25) is 5.91 Å². The number of ether oxygens (including phenoxy) is 2. The van der Waals surface area contributed by atoms with Crippen molar-refractivity contribution in [1.82, 2.24) is 19.6 Å². The zero-order valence-corrected chi connectivity index (χ0v) is 27.0. The summed E-state index contributed by atoms with van der Waals surface area (Å²) in [6.07, 6.45) is 1.27. The third kappa shape index (κ3) is 7.25. The number of aromatic nitrogens is 2. The summed E-state index contributed by atoms with van der Waals surface area (Å²) in [5.74, 6) is 0.787. The molecular weight excluding hydrogens is 586 g/mol. The van der Waals surface area contributed by atoms with E-state index in [1.54, 1.807) is 53.6 Å². The Morgan fingerprint density at radius 2 is 1.59 bits per heavy atom. The van der Waals surface area contributed by atoms with Gasteiger partial charge in [-0.1, -0.05) is 56.3 Å². The van der Waals surface area contributed by atoms with E-state index in [1.807, 2.05) is 30.3 Å². The van der Waals surface area contributed by atoms with E-state index in [0.29, 0.717) is 55.7 Å². The van der Waals surface area contributed by atoms with Crippen LogP contribution in [0.15, 0.2) is 77.3 Å². The minimum absolute atomic E-state index is 0.117. The zero-order valence-electron chi connectivity index (χ0n) is 27.0. The number of furan rings is 1. The molecule has 4 aromatic rings. The number of piperazine rings is 1. The van der Waals surface area contributed by atoms with E-state index in [0.717, 1.165) is 0 Å². The fraction of sp³-hybridized carbons (Fsp3) is 0.371. The van der Waals surface area contributed by atoms with Crippen LogP contribution >= 0.6 is 0 Å². The summed E-state index contributed by atoms with van der Waals surface area (Å²) in [5.41, 5.74) is 3.31. The van der Waals surface area contributed by atoms with Crippen LogP contribution in [0.4, 0.5) is 10.5 Å². The summed E-state index contributed by atoms with van der Waals surface area (Å²) < 4.78 is 18.3. The zero-order chi connectivity index (χ0) is 32.8. The Labute approximate surface area is 269 Å². The molecule has 0 spiro atoms. The number of hydrogen-bond donors (Lipinski definition) is 1. The number of benzene rings is 2. The lowest BCUT2D eigenvalue weighted by Crippen LogP contribution is -2.52. The van der Waals surface area contributed by atoms with Crippen LogP contribution in [0.1, 0.15) is 66.9 Å². The Hall–Kier alpha value is -5.06. The Kier molecular flexibility index (Phi) is 9.79. The predicted octanol–water partition coefficient (Wildman–Crippen LogP) is 5.80.